The summed E-state index contributed by atoms with van der Waals surface area (Å²) in [6.07, 6.45) is 1.32. The van der Waals surface area contributed by atoms with Crippen LogP contribution in [0, 0.1) is 5.82 Å². The predicted molar refractivity (Wildman–Crippen MR) is 135 cm³/mol. The molecule has 0 aliphatic rings. The van der Waals surface area contributed by atoms with Crippen LogP contribution in [0.2, 0.25) is 0 Å². The molecule has 1 heterocycles. The van der Waals surface area contributed by atoms with Crippen LogP contribution in [0.1, 0.15) is 35.1 Å². The molecule has 1 aromatic heterocycles. The maximum atomic E-state index is 13.2. The highest BCUT2D eigenvalue weighted by Gasteiger charge is 2.19. The molecule has 174 valence electrons. The average molecular weight is 478 g/mol. The van der Waals surface area contributed by atoms with Crippen molar-refractivity contribution in [1.82, 2.24) is 15.3 Å². The van der Waals surface area contributed by atoms with Crippen LogP contribution in [0.5, 0.6) is 0 Å². The number of fused-ring (bicyclic) bond motifs is 1. The van der Waals surface area contributed by atoms with Crippen molar-refractivity contribution in [2.75, 3.05) is 12.4 Å². The van der Waals surface area contributed by atoms with E-state index in [-0.39, 0.29) is 23.6 Å². The number of nitrogens with one attached hydrogen (secondary N) is 2. The lowest BCUT2D eigenvalue weighted by molar-refractivity contribution is 0.0932. The van der Waals surface area contributed by atoms with Crippen molar-refractivity contribution < 1.29 is 9.18 Å². The monoisotopic (exact) mass is 477 g/mol. The number of amides is 1. The predicted octanol–water partition coefficient (Wildman–Crippen LogP) is 5.22. The summed E-state index contributed by atoms with van der Waals surface area (Å²) in [5, 5.41) is 3.09. The summed E-state index contributed by atoms with van der Waals surface area (Å²) in [6.45, 7) is 0.511. The molecule has 1 amide bonds. The van der Waals surface area contributed by atoms with E-state index in [2.05, 4.69) is 20.3 Å². The number of rotatable bonds is 9. The van der Waals surface area contributed by atoms with E-state index in [1.807, 2.05) is 36.4 Å². The van der Waals surface area contributed by atoms with E-state index in [0.717, 1.165) is 22.2 Å². The van der Waals surface area contributed by atoms with Gasteiger partial charge in [-0.05, 0) is 60.4 Å². The third-order valence-corrected chi connectivity index (χ3v) is 5.74. The van der Waals surface area contributed by atoms with Crippen LogP contribution in [0.25, 0.3) is 22.2 Å². The number of halogens is 2. The fourth-order valence-corrected chi connectivity index (χ4v) is 3.76. The SMILES string of the molecule is NC(CCl)=NCCCC(NC(=O)c1ccc(-c2ccc(F)cc2)cc1)c1nc2ccccc2[nH]1. The fourth-order valence-electron chi connectivity index (χ4n) is 3.67. The van der Waals surface area contributed by atoms with Gasteiger partial charge < -0.3 is 16.0 Å². The molecule has 4 rings (SSSR count). The van der Waals surface area contributed by atoms with E-state index in [9.17, 15) is 9.18 Å². The van der Waals surface area contributed by atoms with Gasteiger partial charge in [-0.1, -0.05) is 36.4 Å². The van der Waals surface area contributed by atoms with E-state index >= 15 is 0 Å². The highest BCUT2D eigenvalue weighted by molar-refractivity contribution is 6.27. The van der Waals surface area contributed by atoms with Gasteiger partial charge in [-0.15, -0.1) is 11.6 Å². The van der Waals surface area contributed by atoms with Crippen molar-refractivity contribution in [3.63, 3.8) is 0 Å². The Morgan fingerprint density at radius 1 is 1.06 bits per heavy atom. The number of para-hydroxylation sites is 2. The third-order valence-electron chi connectivity index (χ3n) is 5.47. The topological polar surface area (TPSA) is 96.2 Å². The lowest BCUT2D eigenvalue weighted by atomic mass is 10.0. The number of benzene rings is 3. The van der Waals surface area contributed by atoms with Crippen molar-refractivity contribution >= 4 is 34.4 Å². The number of nitrogens with two attached hydrogens (primary N) is 1. The molecule has 3 aromatic carbocycles. The number of aromatic nitrogens is 2. The number of amidine groups is 1. The summed E-state index contributed by atoms with van der Waals surface area (Å²) in [5.74, 6) is 0.781. The number of nitrogens with zero attached hydrogens (tertiary/aromatic N) is 2. The van der Waals surface area contributed by atoms with E-state index in [4.69, 9.17) is 17.3 Å². The number of carbonyl (C=O) groups excluding carboxylic acids is 1. The molecule has 34 heavy (non-hydrogen) atoms. The highest BCUT2D eigenvalue weighted by Crippen LogP contribution is 2.23. The molecule has 0 fully saturated rings. The van der Waals surface area contributed by atoms with Crippen molar-refractivity contribution in [2.24, 2.45) is 10.7 Å². The number of hydrogen-bond acceptors (Lipinski definition) is 3. The summed E-state index contributed by atoms with van der Waals surface area (Å²) in [7, 11) is 0. The minimum atomic E-state index is -0.330. The van der Waals surface area contributed by atoms with Gasteiger partial charge in [0.05, 0.1) is 23.0 Å². The number of aromatic amines is 1. The van der Waals surface area contributed by atoms with Crippen LogP contribution < -0.4 is 11.1 Å². The zero-order valence-electron chi connectivity index (χ0n) is 18.5. The van der Waals surface area contributed by atoms with Gasteiger partial charge >= 0.3 is 0 Å². The van der Waals surface area contributed by atoms with Crippen LogP contribution in [0.3, 0.4) is 0 Å². The number of imidazole rings is 1. The minimum Gasteiger partial charge on any atom is -0.386 e. The molecule has 4 aromatic rings. The first-order valence-electron chi connectivity index (χ1n) is 11.0. The molecular weight excluding hydrogens is 453 g/mol. The number of aliphatic imine (C=N–C) groups is 1. The van der Waals surface area contributed by atoms with Gasteiger partial charge in [0.15, 0.2) is 0 Å². The van der Waals surface area contributed by atoms with E-state index < -0.39 is 0 Å². The van der Waals surface area contributed by atoms with Crippen molar-refractivity contribution in [1.29, 1.82) is 0 Å². The Balaban J connectivity index is 1.50. The molecule has 0 saturated heterocycles. The lowest BCUT2D eigenvalue weighted by Gasteiger charge is -2.17. The summed E-state index contributed by atoms with van der Waals surface area (Å²) in [5.41, 5.74) is 9.73. The Kier molecular flexibility index (Phi) is 7.54. The van der Waals surface area contributed by atoms with Crippen molar-refractivity contribution in [3.8, 4) is 11.1 Å². The third kappa shape index (κ3) is 5.80. The maximum Gasteiger partial charge on any atom is 0.251 e. The summed E-state index contributed by atoms with van der Waals surface area (Å²) < 4.78 is 13.2. The van der Waals surface area contributed by atoms with Gasteiger partial charge in [0, 0.05) is 12.1 Å². The van der Waals surface area contributed by atoms with Crippen LogP contribution in [0.15, 0.2) is 77.8 Å². The van der Waals surface area contributed by atoms with Crippen molar-refractivity contribution in [3.05, 3.63) is 90.0 Å². The first-order chi connectivity index (χ1) is 16.5. The Morgan fingerprint density at radius 3 is 2.41 bits per heavy atom. The minimum absolute atomic E-state index is 0.192. The Labute approximate surface area is 202 Å². The zero-order valence-corrected chi connectivity index (χ0v) is 19.2. The van der Waals surface area contributed by atoms with E-state index in [1.54, 1.807) is 24.3 Å². The van der Waals surface area contributed by atoms with Gasteiger partial charge in [0.25, 0.3) is 5.91 Å². The van der Waals surface area contributed by atoms with E-state index in [0.29, 0.717) is 36.6 Å². The molecule has 8 heteroatoms. The second kappa shape index (κ2) is 10.9. The normalized spacial score (nSPS) is 12.6. The van der Waals surface area contributed by atoms with Gasteiger partial charge in [0.2, 0.25) is 0 Å². The molecule has 0 saturated carbocycles. The molecular formula is C26H25ClFN5O. The first kappa shape index (κ1) is 23.4. The molecule has 0 spiro atoms. The average Bonchev–Trinajstić information content (AvgIpc) is 3.30. The molecule has 1 unspecified atom stereocenters. The summed E-state index contributed by atoms with van der Waals surface area (Å²) in [4.78, 5) is 25.3. The molecule has 0 bridgehead atoms. The van der Waals surface area contributed by atoms with Gasteiger partial charge in [-0.3, -0.25) is 9.79 Å². The standard InChI is InChI=1S/C26H25ClFN5O/c27-16-24(29)30-15-3-6-23(25-31-21-4-1-2-5-22(21)32-25)33-26(34)19-9-7-17(8-10-19)18-11-13-20(28)14-12-18/h1-2,4-5,7-14,23H,3,6,15-16H2,(H2,29,30)(H,31,32)(H,33,34). The number of hydrogen-bond donors (Lipinski definition) is 3. The molecule has 0 aliphatic carbocycles. The second-order valence-electron chi connectivity index (χ2n) is 7.90. The zero-order chi connectivity index (χ0) is 23.9. The molecule has 1 atom stereocenters. The summed E-state index contributed by atoms with van der Waals surface area (Å²) in [6, 6.07) is 20.9. The number of alkyl halides is 1. The second-order valence-corrected chi connectivity index (χ2v) is 8.17. The molecule has 4 N–H and O–H groups in total. The Bertz CT molecular complexity index is 1250. The number of H-pyrrole nitrogens is 1. The molecule has 6 nitrogen and oxygen atoms in total. The Morgan fingerprint density at radius 2 is 1.74 bits per heavy atom. The van der Waals surface area contributed by atoms with Gasteiger partial charge in [-0.2, -0.15) is 0 Å². The van der Waals surface area contributed by atoms with Gasteiger partial charge in [0.1, 0.15) is 17.5 Å². The first-order valence-corrected chi connectivity index (χ1v) is 11.5. The largest absolute Gasteiger partial charge is 0.386 e. The number of carbonyl (C=O) groups is 1. The van der Waals surface area contributed by atoms with Crippen LogP contribution in [0.4, 0.5) is 4.39 Å². The maximum absolute atomic E-state index is 13.2. The Hall–Kier alpha value is -3.71. The van der Waals surface area contributed by atoms with Crippen LogP contribution in [-0.4, -0.2) is 34.1 Å². The summed E-state index contributed by atoms with van der Waals surface area (Å²) >= 11 is 5.68. The smallest absolute Gasteiger partial charge is 0.251 e. The van der Waals surface area contributed by atoms with E-state index in [1.165, 1.54) is 12.1 Å². The lowest BCUT2D eigenvalue weighted by Crippen LogP contribution is -2.29. The molecule has 0 aliphatic heterocycles. The molecule has 0 radical (unpaired) electrons. The highest BCUT2D eigenvalue weighted by atomic mass is 35.5. The van der Waals surface area contributed by atoms with Crippen LogP contribution in [-0.2, 0) is 0 Å². The van der Waals surface area contributed by atoms with Gasteiger partial charge in [-0.25, -0.2) is 9.37 Å². The van der Waals surface area contributed by atoms with Crippen molar-refractivity contribution in [2.45, 2.75) is 18.9 Å². The quantitative estimate of drug-likeness (QED) is 0.133. The fraction of sp³-hybridized carbons (Fsp3) is 0.192. The van der Waals surface area contributed by atoms with Crippen LogP contribution >= 0.6 is 11.6 Å².